The number of piperidine rings is 1. The van der Waals surface area contributed by atoms with Gasteiger partial charge in [0, 0.05) is 6.04 Å². The van der Waals surface area contributed by atoms with Crippen molar-refractivity contribution in [2.45, 2.75) is 52.2 Å². The minimum absolute atomic E-state index is 0.0120. The molecule has 4 heteroatoms. The summed E-state index contributed by atoms with van der Waals surface area (Å²) in [6.07, 6.45) is 2.29. The molecule has 1 aliphatic rings. The minimum Gasteiger partial charge on any atom is -0.480 e. The normalized spacial score (nSPS) is 18.0. The van der Waals surface area contributed by atoms with E-state index in [1.54, 1.807) is 0 Å². The minimum atomic E-state index is -0.417. The number of benzene rings is 1. The summed E-state index contributed by atoms with van der Waals surface area (Å²) >= 11 is 0. The summed E-state index contributed by atoms with van der Waals surface area (Å²) < 4.78 is 5.98. The van der Waals surface area contributed by atoms with Crippen molar-refractivity contribution in [1.82, 2.24) is 10.2 Å². The monoisotopic (exact) mass is 304 g/mol. The molecule has 0 aliphatic carbocycles. The average molecular weight is 304 g/mol. The lowest BCUT2D eigenvalue weighted by Crippen LogP contribution is -2.48. The Morgan fingerprint density at radius 1 is 1.36 bits per heavy atom. The van der Waals surface area contributed by atoms with Gasteiger partial charge in [-0.3, -0.25) is 4.79 Å². The third-order valence-corrected chi connectivity index (χ3v) is 4.55. The van der Waals surface area contributed by atoms with Gasteiger partial charge in [-0.05, 0) is 70.4 Å². The van der Waals surface area contributed by atoms with Gasteiger partial charge in [-0.2, -0.15) is 0 Å². The zero-order valence-corrected chi connectivity index (χ0v) is 14.2. The van der Waals surface area contributed by atoms with Crippen LogP contribution >= 0.6 is 0 Å². The number of ether oxygens (including phenoxy) is 1. The highest BCUT2D eigenvalue weighted by Gasteiger charge is 2.24. The zero-order chi connectivity index (χ0) is 16.1. The maximum atomic E-state index is 12.5. The number of carbonyl (C=O) groups excluding carboxylic acids is 1. The second-order valence-corrected chi connectivity index (χ2v) is 6.30. The quantitative estimate of drug-likeness (QED) is 0.909. The summed E-state index contributed by atoms with van der Waals surface area (Å²) in [6, 6.07) is 6.24. The molecule has 1 N–H and O–H groups in total. The molecule has 1 aliphatic heterocycles. The first-order valence-corrected chi connectivity index (χ1v) is 8.23. The molecule has 1 unspecified atom stereocenters. The molecule has 22 heavy (non-hydrogen) atoms. The summed E-state index contributed by atoms with van der Waals surface area (Å²) in [4.78, 5) is 14.8. The van der Waals surface area contributed by atoms with Crippen LogP contribution < -0.4 is 10.1 Å². The second-order valence-electron chi connectivity index (χ2n) is 6.30. The lowest BCUT2D eigenvalue weighted by Gasteiger charge is -2.30. The van der Waals surface area contributed by atoms with E-state index in [0.29, 0.717) is 6.42 Å². The third kappa shape index (κ3) is 4.23. The first kappa shape index (κ1) is 16.8. The summed E-state index contributed by atoms with van der Waals surface area (Å²) in [6.45, 7) is 8.16. The predicted octanol–water partition coefficient (Wildman–Crippen LogP) is 2.67. The fraction of sp³-hybridized carbons (Fsp3) is 0.611. The van der Waals surface area contributed by atoms with E-state index >= 15 is 0 Å². The van der Waals surface area contributed by atoms with Gasteiger partial charge >= 0.3 is 0 Å². The van der Waals surface area contributed by atoms with Crippen LogP contribution in [0.25, 0.3) is 0 Å². The van der Waals surface area contributed by atoms with Crippen LogP contribution in [0.1, 0.15) is 37.3 Å². The molecule has 0 bridgehead atoms. The topological polar surface area (TPSA) is 41.6 Å². The molecule has 0 spiro atoms. The van der Waals surface area contributed by atoms with E-state index in [9.17, 15) is 4.79 Å². The molecule has 1 fully saturated rings. The summed E-state index contributed by atoms with van der Waals surface area (Å²) in [5.41, 5.74) is 2.29. The number of likely N-dealkylation sites (tertiary alicyclic amines) is 1. The highest BCUT2D eigenvalue weighted by Crippen LogP contribution is 2.22. The molecule has 2 rings (SSSR count). The Morgan fingerprint density at radius 2 is 2.05 bits per heavy atom. The molecule has 0 saturated carbocycles. The van der Waals surface area contributed by atoms with Crippen molar-refractivity contribution in [3.63, 3.8) is 0 Å². The molecule has 4 nitrogen and oxygen atoms in total. The first-order chi connectivity index (χ1) is 10.5. The molecule has 0 radical (unpaired) electrons. The molecule has 0 aromatic heterocycles. The SMILES string of the molecule is CCC(Oc1cccc(C)c1C)C(=O)NC1CCN(C)CC1. The lowest BCUT2D eigenvalue weighted by atomic mass is 10.0. The van der Waals surface area contributed by atoms with Gasteiger partial charge in [-0.15, -0.1) is 0 Å². The van der Waals surface area contributed by atoms with E-state index in [0.717, 1.165) is 37.2 Å². The number of rotatable bonds is 5. The van der Waals surface area contributed by atoms with Crippen molar-refractivity contribution < 1.29 is 9.53 Å². The highest BCUT2D eigenvalue weighted by molar-refractivity contribution is 5.81. The van der Waals surface area contributed by atoms with E-state index < -0.39 is 6.10 Å². The van der Waals surface area contributed by atoms with E-state index in [-0.39, 0.29) is 11.9 Å². The number of nitrogens with one attached hydrogen (secondary N) is 1. The van der Waals surface area contributed by atoms with Gasteiger partial charge < -0.3 is 15.0 Å². The Morgan fingerprint density at radius 3 is 2.68 bits per heavy atom. The van der Waals surface area contributed by atoms with E-state index in [4.69, 9.17) is 4.74 Å². The molecule has 1 heterocycles. The lowest BCUT2D eigenvalue weighted by molar-refractivity contribution is -0.129. The number of amides is 1. The Balaban J connectivity index is 1.95. The van der Waals surface area contributed by atoms with Crippen molar-refractivity contribution in [2.75, 3.05) is 20.1 Å². The molecular weight excluding hydrogens is 276 g/mol. The van der Waals surface area contributed by atoms with Crippen molar-refractivity contribution >= 4 is 5.91 Å². The van der Waals surface area contributed by atoms with Gasteiger partial charge in [0.25, 0.3) is 5.91 Å². The molecule has 122 valence electrons. The van der Waals surface area contributed by atoms with Gasteiger partial charge in [-0.25, -0.2) is 0 Å². The van der Waals surface area contributed by atoms with Crippen molar-refractivity contribution in [3.05, 3.63) is 29.3 Å². The van der Waals surface area contributed by atoms with Gasteiger partial charge in [-0.1, -0.05) is 19.1 Å². The maximum Gasteiger partial charge on any atom is 0.261 e. The molecular formula is C18H28N2O2. The third-order valence-electron chi connectivity index (χ3n) is 4.55. The maximum absolute atomic E-state index is 12.5. The fourth-order valence-electron chi connectivity index (χ4n) is 2.77. The number of nitrogens with zero attached hydrogens (tertiary/aromatic N) is 1. The number of carbonyl (C=O) groups is 1. The van der Waals surface area contributed by atoms with Crippen molar-refractivity contribution in [2.24, 2.45) is 0 Å². The van der Waals surface area contributed by atoms with E-state index in [2.05, 4.69) is 30.3 Å². The average Bonchev–Trinajstić information content (AvgIpc) is 2.51. The van der Waals surface area contributed by atoms with Crippen LogP contribution in [0.15, 0.2) is 18.2 Å². The van der Waals surface area contributed by atoms with Gasteiger partial charge in [0.2, 0.25) is 0 Å². The second kappa shape index (κ2) is 7.63. The summed E-state index contributed by atoms with van der Waals surface area (Å²) in [5.74, 6) is 0.823. The Labute approximate surface area is 133 Å². The van der Waals surface area contributed by atoms with Crippen molar-refractivity contribution in [1.29, 1.82) is 0 Å². The van der Waals surface area contributed by atoms with Gasteiger partial charge in [0.15, 0.2) is 6.10 Å². The van der Waals surface area contributed by atoms with E-state index in [1.165, 1.54) is 5.56 Å². The number of aryl methyl sites for hydroxylation is 1. The first-order valence-electron chi connectivity index (χ1n) is 8.23. The molecule has 1 aromatic rings. The number of hydrogen-bond donors (Lipinski definition) is 1. The highest BCUT2D eigenvalue weighted by atomic mass is 16.5. The van der Waals surface area contributed by atoms with Crippen LogP contribution in [0.3, 0.4) is 0 Å². The predicted molar refractivity (Wildman–Crippen MR) is 89.3 cm³/mol. The van der Waals surface area contributed by atoms with Crippen LogP contribution in [0.2, 0.25) is 0 Å². The standard InChI is InChI=1S/C18H28N2O2/c1-5-16(22-17-8-6-7-13(2)14(17)3)18(21)19-15-9-11-20(4)12-10-15/h6-8,15-16H,5,9-12H2,1-4H3,(H,19,21). The molecule has 1 amide bonds. The van der Waals surface area contributed by atoms with Crippen LogP contribution in [-0.2, 0) is 4.79 Å². The van der Waals surface area contributed by atoms with Crippen LogP contribution in [0.4, 0.5) is 0 Å². The Kier molecular flexibility index (Phi) is 5.83. The van der Waals surface area contributed by atoms with Crippen LogP contribution in [0, 0.1) is 13.8 Å². The molecule has 1 aromatic carbocycles. The van der Waals surface area contributed by atoms with E-state index in [1.807, 2.05) is 26.0 Å². The summed E-state index contributed by atoms with van der Waals surface area (Å²) in [5, 5.41) is 3.15. The largest absolute Gasteiger partial charge is 0.480 e. The zero-order valence-electron chi connectivity index (χ0n) is 14.2. The molecule has 1 saturated heterocycles. The van der Waals surface area contributed by atoms with Crippen molar-refractivity contribution in [3.8, 4) is 5.75 Å². The number of hydrogen-bond acceptors (Lipinski definition) is 3. The van der Waals surface area contributed by atoms with Crippen LogP contribution in [-0.4, -0.2) is 43.1 Å². The van der Waals surface area contributed by atoms with Crippen LogP contribution in [0.5, 0.6) is 5.75 Å². The smallest absolute Gasteiger partial charge is 0.261 e. The fourth-order valence-corrected chi connectivity index (χ4v) is 2.77. The van der Waals surface area contributed by atoms with Gasteiger partial charge in [0.05, 0.1) is 0 Å². The molecule has 1 atom stereocenters. The Bertz CT molecular complexity index is 508. The summed E-state index contributed by atoms with van der Waals surface area (Å²) in [7, 11) is 2.12. The van der Waals surface area contributed by atoms with Gasteiger partial charge in [0.1, 0.15) is 5.75 Å². The Hall–Kier alpha value is -1.55.